The minimum atomic E-state index is 0.0253. The van der Waals surface area contributed by atoms with Gasteiger partial charge in [0.1, 0.15) is 5.82 Å². The van der Waals surface area contributed by atoms with Gasteiger partial charge in [0, 0.05) is 31.4 Å². The minimum absolute atomic E-state index is 0.0253. The lowest BCUT2D eigenvalue weighted by Crippen LogP contribution is -2.53. The molecule has 5 heteroatoms. The number of anilines is 1. The first-order valence-corrected chi connectivity index (χ1v) is 10.5. The van der Waals surface area contributed by atoms with Crippen molar-refractivity contribution >= 4 is 11.7 Å². The molecule has 1 saturated heterocycles. The zero-order chi connectivity index (χ0) is 17.9. The molecule has 1 amide bonds. The summed E-state index contributed by atoms with van der Waals surface area (Å²) in [6.07, 6.45) is 12.6. The average Bonchev–Trinajstić information content (AvgIpc) is 2.92. The number of carbonyl (C=O) groups excluding carboxylic acids is 1. The second kappa shape index (κ2) is 7.95. The Morgan fingerprint density at radius 3 is 2.35 bits per heavy atom. The Bertz CT molecular complexity index is 595. The van der Waals surface area contributed by atoms with Crippen LogP contribution in [0.4, 0.5) is 5.82 Å². The Kier molecular flexibility index (Phi) is 5.44. The van der Waals surface area contributed by atoms with Crippen molar-refractivity contribution in [1.82, 2.24) is 10.3 Å². The summed E-state index contributed by atoms with van der Waals surface area (Å²) in [6, 6.07) is 4.56. The fraction of sp³-hybridized carbons (Fsp3) is 0.714. The van der Waals surface area contributed by atoms with Crippen LogP contribution in [0.3, 0.4) is 0 Å². The van der Waals surface area contributed by atoms with Gasteiger partial charge in [-0.25, -0.2) is 4.98 Å². The smallest absolute Gasteiger partial charge is 0.253 e. The molecule has 3 fully saturated rings. The molecular formula is C21H32N4O. The van der Waals surface area contributed by atoms with E-state index in [0.717, 1.165) is 31.7 Å². The maximum Gasteiger partial charge on any atom is 0.253 e. The number of hydrogen-bond acceptors (Lipinski definition) is 4. The van der Waals surface area contributed by atoms with Gasteiger partial charge in [0.2, 0.25) is 0 Å². The van der Waals surface area contributed by atoms with Crippen molar-refractivity contribution < 1.29 is 4.79 Å². The highest BCUT2D eigenvalue weighted by Crippen LogP contribution is 2.39. The van der Waals surface area contributed by atoms with E-state index >= 15 is 0 Å². The summed E-state index contributed by atoms with van der Waals surface area (Å²) in [5.41, 5.74) is 6.88. The molecule has 1 aromatic rings. The summed E-state index contributed by atoms with van der Waals surface area (Å²) in [7, 11) is 0. The van der Waals surface area contributed by atoms with Crippen molar-refractivity contribution in [3.63, 3.8) is 0 Å². The molecule has 0 spiro atoms. The van der Waals surface area contributed by atoms with Gasteiger partial charge in [0.25, 0.3) is 5.91 Å². The minimum Gasteiger partial charge on any atom is -0.357 e. The number of aromatic nitrogens is 1. The number of nitrogens with one attached hydrogen (secondary N) is 1. The number of pyridine rings is 1. The van der Waals surface area contributed by atoms with E-state index in [9.17, 15) is 4.79 Å². The summed E-state index contributed by atoms with van der Waals surface area (Å²) < 4.78 is 0. The van der Waals surface area contributed by atoms with Crippen molar-refractivity contribution in [3.8, 4) is 0 Å². The van der Waals surface area contributed by atoms with Crippen molar-refractivity contribution in [2.45, 2.75) is 69.9 Å². The number of amides is 1. The second-order valence-electron chi connectivity index (χ2n) is 8.49. The Morgan fingerprint density at radius 2 is 1.73 bits per heavy atom. The van der Waals surface area contributed by atoms with Crippen molar-refractivity contribution in [2.24, 2.45) is 17.6 Å². The van der Waals surface area contributed by atoms with Crippen molar-refractivity contribution in [1.29, 1.82) is 0 Å². The van der Waals surface area contributed by atoms with E-state index in [1.54, 1.807) is 6.20 Å². The molecule has 2 atom stereocenters. The zero-order valence-corrected chi connectivity index (χ0v) is 15.7. The molecule has 5 nitrogen and oxygen atoms in total. The van der Waals surface area contributed by atoms with Gasteiger partial charge in [0.15, 0.2) is 0 Å². The van der Waals surface area contributed by atoms with Gasteiger partial charge in [0.05, 0.1) is 5.56 Å². The molecule has 1 aromatic heterocycles. The highest BCUT2D eigenvalue weighted by Gasteiger charge is 2.39. The first-order valence-electron chi connectivity index (χ1n) is 10.5. The molecule has 142 valence electrons. The highest BCUT2D eigenvalue weighted by molar-refractivity contribution is 5.94. The number of hydrogen-bond donors (Lipinski definition) is 2. The van der Waals surface area contributed by atoms with E-state index in [1.807, 2.05) is 12.1 Å². The molecule has 26 heavy (non-hydrogen) atoms. The van der Waals surface area contributed by atoms with Crippen LogP contribution in [0.5, 0.6) is 0 Å². The third-order valence-corrected chi connectivity index (χ3v) is 6.61. The van der Waals surface area contributed by atoms with Crippen LogP contribution in [0, 0.1) is 11.8 Å². The molecule has 0 aromatic carbocycles. The van der Waals surface area contributed by atoms with Gasteiger partial charge in [-0.15, -0.1) is 0 Å². The van der Waals surface area contributed by atoms with Crippen LogP contribution in [0.2, 0.25) is 0 Å². The summed E-state index contributed by atoms with van der Waals surface area (Å²) >= 11 is 0. The predicted octanol–water partition coefficient (Wildman–Crippen LogP) is 3.10. The number of fused-ring (bicyclic) bond motifs is 2. The van der Waals surface area contributed by atoms with Gasteiger partial charge in [-0.1, -0.05) is 19.3 Å². The van der Waals surface area contributed by atoms with Crippen LogP contribution in [-0.2, 0) is 0 Å². The van der Waals surface area contributed by atoms with Crippen LogP contribution in [0.1, 0.15) is 68.1 Å². The summed E-state index contributed by atoms with van der Waals surface area (Å²) in [5, 5.41) is 3.32. The largest absolute Gasteiger partial charge is 0.357 e. The van der Waals surface area contributed by atoms with Crippen LogP contribution in [0.15, 0.2) is 18.3 Å². The van der Waals surface area contributed by atoms with Gasteiger partial charge in [-0.3, -0.25) is 4.79 Å². The number of nitrogens with two attached hydrogens (primary N) is 1. The van der Waals surface area contributed by atoms with Gasteiger partial charge < -0.3 is 16.0 Å². The van der Waals surface area contributed by atoms with E-state index in [2.05, 4.69) is 15.2 Å². The number of carbonyl (C=O) groups is 1. The first-order chi connectivity index (χ1) is 12.7. The van der Waals surface area contributed by atoms with E-state index < -0.39 is 0 Å². The number of nitrogens with zero attached hydrogens (tertiary/aromatic N) is 2. The maximum atomic E-state index is 12.8. The summed E-state index contributed by atoms with van der Waals surface area (Å²) in [5.74, 6) is 2.12. The van der Waals surface area contributed by atoms with Gasteiger partial charge in [-0.05, 0) is 62.5 Å². The van der Waals surface area contributed by atoms with Gasteiger partial charge in [-0.2, -0.15) is 0 Å². The number of rotatable bonds is 3. The molecule has 2 aliphatic carbocycles. The molecule has 4 rings (SSSR count). The normalized spacial score (nSPS) is 32.0. The summed E-state index contributed by atoms with van der Waals surface area (Å²) in [4.78, 5) is 19.7. The predicted molar refractivity (Wildman–Crippen MR) is 104 cm³/mol. The second-order valence-corrected chi connectivity index (χ2v) is 8.49. The topological polar surface area (TPSA) is 71.2 Å². The zero-order valence-electron chi connectivity index (χ0n) is 15.7. The fourth-order valence-electron chi connectivity index (χ4n) is 5.27. The first kappa shape index (κ1) is 17.8. The van der Waals surface area contributed by atoms with Crippen LogP contribution < -0.4 is 16.0 Å². The summed E-state index contributed by atoms with van der Waals surface area (Å²) in [6.45, 7) is 2.15. The Labute approximate surface area is 156 Å². The van der Waals surface area contributed by atoms with Crippen molar-refractivity contribution in [2.75, 3.05) is 18.0 Å². The molecule has 2 unspecified atom stereocenters. The molecular weight excluding hydrogens is 324 g/mol. The quantitative estimate of drug-likeness (QED) is 0.873. The highest BCUT2D eigenvalue weighted by atomic mass is 16.1. The van der Waals surface area contributed by atoms with E-state index in [-0.39, 0.29) is 5.91 Å². The SMILES string of the molecule is NC1CC2CCCC(C1)C2NC(=O)c1ccc(N2CCCCCC2)nc1. The standard InChI is InChI=1S/C21H32N4O/c22-18-12-15-6-5-7-16(13-18)20(15)24-21(26)17-8-9-19(23-14-17)25-10-3-1-2-4-11-25/h8-9,14-16,18,20H,1-7,10-13,22H2,(H,24,26). The van der Waals surface area contributed by atoms with E-state index in [1.165, 1.54) is 44.9 Å². The lowest BCUT2D eigenvalue weighted by Gasteiger charge is -2.45. The monoisotopic (exact) mass is 356 g/mol. The average molecular weight is 357 g/mol. The Balaban J connectivity index is 1.40. The third-order valence-electron chi connectivity index (χ3n) is 6.61. The molecule has 2 saturated carbocycles. The van der Waals surface area contributed by atoms with Gasteiger partial charge >= 0.3 is 0 Å². The van der Waals surface area contributed by atoms with Crippen LogP contribution in [-0.4, -0.2) is 36.1 Å². The van der Waals surface area contributed by atoms with Crippen LogP contribution in [0.25, 0.3) is 0 Å². The lowest BCUT2D eigenvalue weighted by atomic mass is 9.67. The van der Waals surface area contributed by atoms with E-state index in [4.69, 9.17) is 5.73 Å². The molecule has 2 heterocycles. The Hall–Kier alpha value is -1.62. The molecule has 1 aliphatic heterocycles. The molecule has 3 aliphatic rings. The lowest BCUT2D eigenvalue weighted by molar-refractivity contribution is 0.0755. The van der Waals surface area contributed by atoms with Crippen LogP contribution >= 0.6 is 0 Å². The Morgan fingerprint density at radius 1 is 1.04 bits per heavy atom. The molecule has 2 bridgehead atoms. The molecule has 3 N–H and O–H groups in total. The fourth-order valence-corrected chi connectivity index (χ4v) is 5.27. The van der Waals surface area contributed by atoms with E-state index in [0.29, 0.717) is 29.5 Å². The molecule has 0 radical (unpaired) electrons. The third kappa shape index (κ3) is 3.88. The maximum absolute atomic E-state index is 12.8. The van der Waals surface area contributed by atoms with Crippen molar-refractivity contribution in [3.05, 3.63) is 23.9 Å².